The summed E-state index contributed by atoms with van der Waals surface area (Å²) in [7, 11) is 0. The van der Waals surface area contributed by atoms with Crippen LogP contribution in [0, 0.1) is 11.3 Å². The number of benzene rings is 2. The van der Waals surface area contributed by atoms with Gasteiger partial charge in [-0.2, -0.15) is 0 Å². The van der Waals surface area contributed by atoms with Crippen molar-refractivity contribution in [2.24, 2.45) is 11.3 Å². The van der Waals surface area contributed by atoms with E-state index < -0.39 is 29.4 Å². The smallest absolute Gasteiger partial charge is 0.407 e. The highest BCUT2D eigenvalue weighted by Crippen LogP contribution is 2.44. The van der Waals surface area contributed by atoms with Crippen LogP contribution in [0.15, 0.2) is 60.7 Å². The molecule has 0 fully saturated rings. The van der Waals surface area contributed by atoms with E-state index in [4.69, 9.17) is 9.84 Å². The highest BCUT2D eigenvalue weighted by Gasteiger charge is 2.36. The minimum atomic E-state index is -0.919. The monoisotopic (exact) mass is 462 g/mol. The second-order valence-corrected chi connectivity index (χ2v) is 9.95. The first-order valence-corrected chi connectivity index (χ1v) is 11.5. The first kappa shape index (κ1) is 23.5. The molecule has 0 saturated heterocycles. The van der Waals surface area contributed by atoms with Crippen molar-refractivity contribution in [1.82, 2.24) is 10.6 Å². The van der Waals surface area contributed by atoms with Gasteiger partial charge in [0.25, 0.3) is 0 Å². The van der Waals surface area contributed by atoms with Gasteiger partial charge in [-0.25, -0.2) is 4.79 Å². The zero-order valence-corrected chi connectivity index (χ0v) is 19.6. The van der Waals surface area contributed by atoms with Gasteiger partial charge in [0.1, 0.15) is 12.6 Å². The van der Waals surface area contributed by atoms with Gasteiger partial charge in [0.2, 0.25) is 5.91 Å². The Morgan fingerprint density at radius 3 is 2.12 bits per heavy atom. The molecular weight excluding hydrogens is 432 g/mol. The van der Waals surface area contributed by atoms with Crippen LogP contribution in [0.3, 0.4) is 0 Å². The van der Waals surface area contributed by atoms with E-state index in [2.05, 4.69) is 22.8 Å². The van der Waals surface area contributed by atoms with Crippen molar-refractivity contribution in [2.45, 2.75) is 45.2 Å². The molecule has 0 heterocycles. The normalized spacial score (nSPS) is 19.7. The number of nitrogens with one attached hydrogen (secondary N) is 2. The number of carbonyl (C=O) groups excluding carboxylic acids is 2. The lowest BCUT2D eigenvalue weighted by molar-refractivity contribution is -0.140. The molecule has 3 unspecified atom stereocenters. The van der Waals surface area contributed by atoms with Crippen LogP contribution >= 0.6 is 0 Å². The Morgan fingerprint density at radius 2 is 1.59 bits per heavy atom. The first-order valence-electron chi connectivity index (χ1n) is 11.5. The van der Waals surface area contributed by atoms with Gasteiger partial charge >= 0.3 is 12.1 Å². The lowest BCUT2D eigenvalue weighted by atomic mass is 9.86. The van der Waals surface area contributed by atoms with Crippen molar-refractivity contribution in [3.05, 3.63) is 71.8 Å². The van der Waals surface area contributed by atoms with Crippen LogP contribution in [0.25, 0.3) is 11.1 Å². The largest absolute Gasteiger partial charge is 0.481 e. The predicted octanol–water partition coefficient (Wildman–Crippen LogP) is 4.09. The van der Waals surface area contributed by atoms with Crippen LogP contribution in [0.1, 0.15) is 44.2 Å². The number of alkyl carbamates (subject to hydrolysis) is 1. The standard InChI is InChI=1S/C27H30N2O5/c1-27(2,3)23(24(30)28-17-13-12-16(14-17)25(31)32)29-26(33)34-15-22-20-10-6-4-8-18(20)19-9-5-7-11-21(19)22/h4-13,16-17,22-23H,14-15H2,1-3H3,(H,28,30)(H,29,33)(H,31,32). The van der Waals surface area contributed by atoms with E-state index in [-0.39, 0.29) is 24.5 Å². The van der Waals surface area contributed by atoms with E-state index >= 15 is 0 Å². The summed E-state index contributed by atoms with van der Waals surface area (Å²) >= 11 is 0. The summed E-state index contributed by atoms with van der Waals surface area (Å²) in [5.41, 5.74) is 3.93. The average molecular weight is 463 g/mol. The van der Waals surface area contributed by atoms with Gasteiger partial charge in [0.15, 0.2) is 0 Å². The number of carboxylic acids is 1. The second kappa shape index (κ2) is 9.33. The topological polar surface area (TPSA) is 105 Å². The fourth-order valence-electron chi connectivity index (χ4n) is 4.69. The summed E-state index contributed by atoms with van der Waals surface area (Å²) in [6.07, 6.45) is 2.90. The minimum Gasteiger partial charge on any atom is -0.481 e. The molecular formula is C27H30N2O5. The van der Waals surface area contributed by atoms with Crippen LogP contribution in [0.4, 0.5) is 4.79 Å². The molecule has 178 valence electrons. The zero-order valence-electron chi connectivity index (χ0n) is 19.6. The number of carbonyl (C=O) groups is 3. The Labute approximate surface area is 199 Å². The zero-order chi connectivity index (χ0) is 24.5. The van der Waals surface area contributed by atoms with Crippen LogP contribution in [0.5, 0.6) is 0 Å². The van der Waals surface area contributed by atoms with Gasteiger partial charge in [-0.15, -0.1) is 0 Å². The Balaban J connectivity index is 1.40. The van der Waals surface area contributed by atoms with E-state index in [0.29, 0.717) is 6.42 Å². The maximum atomic E-state index is 13.0. The SMILES string of the molecule is CC(C)(C)C(NC(=O)OCC1c2ccccc2-c2ccccc21)C(=O)NC1C=CC(C(=O)O)C1. The van der Waals surface area contributed by atoms with Gasteiger partial charge < -0.3 is 20.5 Å². The van der Waals surface area contributed by atoms with E-state index in [1.165, 1.54) is 0 Å². The summed E-state index contributed by atoms with van der Waals surface area (Å²) < 4.78 is 5.61. The maximum absolute atomic E-state index is 13.0. The highest BCUT2D eigenvalue weighted by molar-refractivity contribution is 5.87. The van der Waals surface area contributed by atoms with Crippen molar-refractivity contribution in [2.75, 3.05) is 6.61 Å². The second-order valence-electron chi connectivity index (χ2n) is 9.95. The molecule has 7 nitrogen and oxygen atoms in total. The molecule has 2 aliphatic rings. The van der Waals surface area contributed by atoms with Gasteiger partial charge in [-0.1, -0.05) is 81.5 Å². The fraction of sp³-hybridized carbons (Fsp3) is 0.370. The molecule has 0 bridgehead atoms. The molecule has 0 radical (unpaired) electrons. The van der Waals surface area contributed by atoms with Gasteiger partial charge in [-0.05, 0) is 34.1 Å². The lowest BCUT2D eigenvalue weighted by Crippen LogP contribution is -2.55. The number of rotatable bonds is 6. The fourth-order valence-corrected chi connectivity index (χ4v) is 4.69. The molecule has 3 N–H and O–H groups in total. The highest BCUT2D eigenvalue weighted by atomic mass is 16.5. The Bertz CT molecular complexity index is 1090. The number of aliphatic carboxylic acids is 1. The average Bonchev–Trinajstić information content (AvgIpc) is 3.38. The number of ether oxygens (including phenoxy) is 1. The van der Waals surface area contributed by atoms with Crippen LogP contribution in [-0.4, -0.2) is 41.8 Å². The van der Waals surface area contributed by atoms with Crippen molar-refractivity contribution >= 4 is 18.0 Å². The van der Waals surface area contributed by atoms with Gasteiger partial charge in [0.05, 0.1) is 5.92 Å². The van der Waals surface area contributed by atoms with Gasteiger partial charge in [-0.3, -0.25) is 9.59 Å². The summed E-state index contributed by atoms with van der Waals surface area (Å²) in [4.78, 5) is 36.9. The molecule has 2 amide bonds. The van der Waals surface area contributed by atoms with E-state index in [0.717, 1.165) is 22.3 Å². The van der Waals surface area contributed by atoms with Gasteiger partial charge in [0, 0.05) is 12.0 Å². The number of amides is 2. The van der Waals surface area contributed by atoms with E-state index in [1.807, 2.05) is 57.2 Å². The minimum absolute atomic E-state index is 0.0726. The number of carboxylic acid groups (broad SMARTS) is 1. The summed E-state index contributed by atoms with van der Waals surface area (Å²) in [5.74, 6) is -1.98. The van der Waals surface area contributed by atoms with Crippen LogP contribution in [0.2, 0.25) is 0 Å². The molecule has 2 aromatic carbocycles. The predicted molar refractivity (Wildman–Crippen MR) is 128 cm³/mol. The maximum Gasteiger partial charge on any atom is 0.407 e. The third kappa shape index (κ3) is 4.83. The molecule has 0 aromatic heterocycles. The van der Waals surface area contributed by atoms with Crippen LogP contribution < -0.4 is 10.6 Å². The van der Waals surface area contributed by atoms with Crippen molar-refractivity contribution in [3.8, 4) is 11.1 Å². The lowest BCUT2D eigenvalue weighted by Gasteiger charge is -2.31. The van der Waals surface area contributed by atoms with E-state index in [9.17, 15) is 14.4 Å². The molecule has 0 saturated carbocycles. The molecule has 0 spiro atoms. The molecule has 3 atom stereocenters. The van der Waals surface area contributed by atoms with Crippen LogP contribution in [-0.2, 0) is 14.3 Å². The third-order valence-electron chi connectivity index (χ3n) is 6.46. The summed E-state index contributed by atoms with van der Waals surface area (Å²) in [6.45, 7) is 5.71. The Hall–Kier alpha value is -3.61. The quantitative estimate of drug-likeness (QED) is 0.561. The Kier molecular flexibility index (Phi) is 6.46. The van der Waals surface area contributed by atoms with Crippen molar-refractivity contribution in [3.63, 3.8) is 0 Å². The summed E-state index contributed by atoms with van der Waals surface area (Å²) in [5, 5.41) is 14.7. The Morgan fingerprint density at radius 1 is 1.00 bits per heavy atom. The first-order chi connectivity index (χ1) is 16.1. The molecule has 34 heavy (non-hydrogen) atoms. The van der Waals surface area contributed by atoms with Crippen molar-refractivity contribution < 1.29 is 24.2 Å². The molecule has 0 aliphatic heterocycles. The third-order valence-corrected chi connectivity index (χ3v) is 6.46. The van der Waals surface area contributed by atoms with E-state index in [1.54, 1.807) is 12.2 Å². The number of hydrogen-bond acceptors (Lipinski definition) is 4. The summed E-state index contributed by atoms with van der Waals surface area (Å²) in [6, 6.07) is 14.9. The number of hydrogen-bond donors (Lipinski definition) is 3. The molecule has 4 rings (SSSR count). The molecule has 7 heteroatoms. The molecule has 2 aliphatic carbocycles. The number of fused-ring (bicyclic) bond motifs is 3. The molecule has 2 aromatic rings. The van der Waals surface area contributed by atoms with Crippen molar-refractivity contribution in [1.29, 1.82) is 0 Å².